The number of rotatable bonds is 4. The average Bonchev–Trinajstić information content (AvgIpc) is 3.27. The maximum Gasteiger partial charge on any atom is 0.0120 e. The quantitative estimate of drug-likeness (QED) is 0.327. The molecule has 0 heterocycles. The maximum atomic E-state index is 4.29. The molecule has 0 bridgehead atoms. The summed E-state index contributed by atoms with van der Waals surface area (Å²) in [6.45, 7) is 17.4. The van der Waals surface area contributed by atoms with Gasteiger partial charge in [-0.2, -0.15) is 0 Å². The van der Waals surface area contributed by atoms with Crippen LogP contribution in [0, 0.1) is 0 Å². The second-order valence-corrected chi connectivity index (χ2v) is 8.57. The summed E-state index contributed by atoms with van der Waals surface area (Å²) in [5, 5.41) is 0. The summed E-state index contributed by atoms with van der Waals surface area (Å²) >= 11 is 0. The standard InChI is InChI=1S/C27H28.2ClH.Zr/c1-17(2)19-11-12-23-20(15-19)16-25-24(23)14-13-22(18(3)4)26(25)27(5,6)21-9-7-8-10-21;;;/h7-9,11-15H,1,3,10,16H2,2,4-6H3;2*1H;. The summed E-state index contributed by atoms with van der Waals surface area (Å²) in [6.07, 6.45) is 8.78. The van der Waals surface area contributed by atoms with Crippen LogP contribution >= 0.6 is 24.8 Å². The van der Waals surface area contributed by atoms with E-state index in [9.17, 15) is 0 Å². The van der Waals surface area contributed by atoms with Crippen molar-refractivity contribution in [3.8, 4) is 11.1 Å². The third-order valence-corrected chi connectivity index (χ3v) is 6.23. The molecule has 156 valence electrons. The van der Waals surface area contributed by atoms with Gasteiger partial charge in [0.15, 0.2) is 0 Å². The van der Waals surface area contributed by atoms with Gasteiger partial charge in [-0.25, -0.2) is 0 Å². The molecule has 2 aromatic carbocycles. The Labute approximate surface area is 213 Å². The zero-order valence-corrected chi connectivity index (χ0v) is 22.4. The van der Waals surface area contributed by atoms with Crippen LogP contribution in [0.3, 0.4) is 0 Å². The molecule has 2 aromatic rings. The van der Waals surface area contributed by atoms with E-state index in [1.54, 1.807) is 0 Å². The molecule has 0 saturated heterocycles. The van der Waals surface area contributed by atoms with Crippen LogP contribution in [-0.2, 0) is 38.0 Å². The van der Waals surface area contributed by atoms with Gasteiger partial charge < -0.3 is 0 Å². The number of hydrogen-bond donors (Lipinski definition) is 0. The van der Waals surface area contributed by atoms with Gasteiger partial charge in [0.05, 0.1) is 0 Å². The summed E-state index contributed by atoms with van der Waals surface area (Å²) in [7, 11) is 0. The first-order valence-electron chi connectivity index (χ1n) is 9.78. The Balaban J connectivity index is 0.00000150. The minimum Gasteiger partial charge on any atom is -0.147 e. The van der Waals surface area contributed by atoms with E-state index >= 15 is 0 Å². The Morgan fingerprint density at radius 2 is 1.60 bits per heavy atom. The third kappa shape index (κ3) is 4.41. The molecule has 0 aliphatic heterocycles. The van der Waals surface area contributed by atoms with E-state index < -0.39 is 0 Å². The largest absolute Gasteiger partial charge is 0.147 e. The second kappa shape index (κ2) is 9.99. The van der Waals surface area contributed by atoms with Gasteiger partial charge in [0.2, 0.25) is 0 Å². The summed E-state index contributed by atoms with van der Waals surface area (Å²) < 4.78 is 0. The van der Waals surface area contributed by atoms with Gasteiger partial charge in [-0.1, -0.05) is 92.3 Å². The Morgan fingerprint density at radius 3 is 2.17 bits per heavy atom. The van der Waals surface area contributed by atoms with Crippen LogP contribution in [0.4, 0.5) is 0 Å². The fourth-order valence-corrected chi connectivity index (χ4v) is 4.68. The van der Waals surface area contributed by atoms with Crippen molar-refractivity contribution in [3.63, 3.8) is 0 Å². The molecule has 0 amide bonds. The average molecular weight is 517 g/mol. The Hall–Kier alpha value is -1.14. The summed E-state index contributed by atoms with van der Waals surface area (Å²) in [6, 6.07) is 11.4. The molecule has 0 fully saturated rings. The first-order chi connectivity index (χ1) is 12.8. The predicted octanol–water partition coefficient (Wildman–Crippen LogP) is 8.33. The summed E-state index contributed by atoms with van der Waals surface area (Å²) in [4.78, 5) is 0. The number of fused-ring (bicyclic) bond motifs is 3. The smallest absolute Gasteiger partial charge is 0.0120 e. The SMILES string of the molecule is C=C(C)c1ccc2c(c1)Cc1c-2ccc(C(=C)C)c1C(C)(C)C1=CC=CC1.Cl.Cl.[Zr]. The van der Waals surface area contributed by atoms with Crippen LogP contribution in [0.25, 0.3) is 22.3 Å². The van der Waals surface area contributed by atoms with Crippen LogP contribution in [0.1, 0.15) is 61.9 Å². The van der Waals surface area contributed by atoms with Crippen molar-refractivity contribution in [2.75, 3.05) is 0 Å². The normalized spacial score (nSPS) is 13.3. The first-order valence-corrected chi connectivity index (χ1v) is 9.78. The van der Waals surface area contributed by atoms with Gasteiger partial charge in [0, 0.05) is 31.6 Å². The molecule has 0 spiro atoms. The molecular weight excluding hydrogens is 486 g/mol. The van der Waals surface area contributed by atoms with E-state index in [-0.39, 0.29) is 56.4 Å². The van der Waals surface area contributed by atoms with E-state index in [2.05, 4.69) is 89.4 Å². The van der Waals surface area contributed by atoms with E-state index in [0.29, 0.717) is 0 Å². The fraction of sp³-hybridized carbons (Fsp3) is 0.259. The van der Waals surface area contributed by atoms with E-state index in [0.717, 1.165) is 24.0 Å². The van der Waals surface area contributed by atoms with Crippen LogP contribution in [0.2, 0.25) is 0 Å². The van der Waals surface area contributed by atoms with Crippen molar-refractivity contribution in [3.05, 3.63) is 95.1 Å². The molecule has 0 aromatic heterocycles. The first kappa shape index (κ1) is 26.9. The van der Waals surface area contributed by atoms with Gasteiger partial charge in [0.25, 0.3) is 0 Å². The minimum absolute atomic E-state index is 0. The summed E-state index contributed by atoms with van der Waals surface area (Å²) in [5.41, 5.74) is 13.4. The van der Waals surface area contributed by atoms with Crippen molar-refractivity contribution in [2.45, 2.75) is 46.0 Å². The Morgan fingerprint density at radius 1 is 0.933 bits per heavy atom. The van der Waals surface area contributed by atoms with Crippen molar-refractivity contribution >= 4 is 36.0 Å². The molecule has 0 saturated carbocycles. The monoisotopic (exact) mass is 514 g/mol. The second-order valence-electron chi connectivity index (χ2n) is 8.57. The Kier molecular flexibility index (Phi) is 8.96. The van der Waals surface area contributed by atoms with Crippen LogP contribution in [0.5, 0.6) is 0 Å². The number of hydrogen-bond acceptors (Lipinski definition) is 0. The molecule has 2 aliphatic rings. The molecule has 2 aliphatic carbocycles. The van der Waals surface area contributed by atoms with Crippen LogP contribution in [-0.4, -0.2) is 0 Å². The van der Waals surface area contributed by atoms with Gasteiger partial charge in [-0.05, 0) is 65.6 Å². The van der Waals surface area contributed by atoms with Crippen molar-refractivity contribution in [1.82, 2.24) is 0 Å². The van der Waals surface area contributed by atoms with Crippen molar-refractivity contribution < 1.29 is 26.2 Å². The molecule has 0 nitrogen and oxygen atoms in total. The molecule has 4 rings (SSSR count). The fourth-order valence-electron chi connectivity index (χ4n) is 4.68. The Bertz CT molecular complexity index is 1050. The molecular formula is C27H30Cl2Zr. The summed E-state index contributed by atoms with van der Waals surface area (Å²) in [5.74, 6) is 0. The number of halogens is 2. The van der Waals surface area contributed by atoms with Gasteiger partial charge in [-0.3, -0.25) is 0 Å². The molecule has 30 heavy (non-hydrogen) atoms. The number of allylic oxidation sites excluding steroid dienone is 6. The van der Waals surface area contributed by atoms with Gasteiger partial charge in [-0.15, -0.1) is 24.8 Å². The maximum absolute atomic E-state index is 4.29. The molecule has 0 unspecified atom stereocenters. The zero-order valence-electron chi connectivity index (χ0n) is 18.3. The molecule has 0 N–H and O–H groups in total. The predicted molar refractivity (Wildman–Crippen MR) is 133 cm³/mol. The van der Waals surface area contributed by atoms with Crippen molar-refractivity contribution in [2.24, 2.45) is 0 Å². The zero-order chi connectivity index (χ0) is 19.3. The number of benzene rings is 2. The third-order valence-electron chi connectivity index (χ3n) is 6.23. The van der Waals surface area contributed by atoms with Crippen LogP contribution < -0.4 is 0 Å². The van der Waals surface area contributed by atoms with Gasteiger partial charge in [0.1, 0.15) is 0 Å². The van der Waals surface area contributed by atoms with E-state index in [1.165, 1.54) is 44.5 Å². The molecule has 0 radical (unpaired) electrons. The van der Waals surface area contributed by atoms with E-state index in [1.807, 2.05) is 0 Å². The van der Waals surface area contributed by atoms with Gasteiger partial charge >= 0.3 is 0 Å². The van der Waals surface area contributed by atoms with Crippen LogP contribution in [0.15, 0.2) is 67.3 Å². The van der Waals surface area contributed by atoms with E-state index in [4.69, 9.17) is 0 Å². The molecule has 3 heteroatoms. The minimum atomic E-state index is -0.0116. The topological polar surface area (TPSA) is 0 Å². The van der Waals surface area contributed by atoms with Crippen molar-refractivity contribution in [1.29, 1.82) is 0 Å². The molecule has 0 atom stereocenters.